The van der Waals surface area contributed by atoms with Crippen molar-refractivity contribution in [3.05, 3.63) is 66.1 Å². The van der Waals surface area contributed by atoms with Gasteiger partial charge in [-0.15, -0.1) is 0 Å². The molecule has 1 atom stereocenters. The van der Waals surface area contributed by atoms with Crippen molar-refractivity contribution >= 4 is 10.9 Å². The van der Waals surface area contributed by atoms with Gasteiger partial charge in [-0.1, -0.05) is 18.2 Å². The van der Waals surface area contributed by atoms with Gasteiger partial charge in [-0.3, -0.25) is 4.90 Å². The summed E-state index contributed by atoms with van der Waals surface area (Å²) in [5.74, 6) is -0.191. The number of H-pyrrole nitrogens is 1. The smallest absolute Gasteiger partial charge is 0.165 e. The minimum absolute atomic E-state index is 0.122. The van der Waals surface area contributed by atoms with Crippen LogP contribution in [0.3, 0.4) is 0 Å². The molecule has 0 aliphatic carbocycles. The van der Waals surface area contributed by atoms with Crippen molar-refractivity contribution in [2.75, 3.05) is 19.7 Å². The van der Waals surface area contributed by atoms with Crippen LogP contribution < -0.4 is 4.74 Å². The van der Waals surface area contributed by atoms with E-state index in [1.165, 1.54) is 17.0 Å². The molecule has 2 N–H and O–H groups in total. The fourth-order valence-corrected chi connectivity index (χ4v) is 3.77. The number of hydrogen-bond acceptors (Lipinski definition) is 3. The first-order valence-corrected chi connectivity index (χ1v) is 9.49. The lowest BCUT2D eigenvalue weighted by atomic mass is 9.96. The SMILES string of the molecule is O[C@@]1(COc2ccccc2F)CCCN(Cc2ccc3[nH]ccc3c2)CC1. The van der Waals surface area contributed by atoms with Gasteiger partial charge in [0.25, 0.3) is 0 Å². The molecule has 0 saturated carbocycles. The summed E-state index contributed by atoms with van der Waals surface area (Å²) in [6, 6.07) is 14.9. The van der Waals surface area contributed by atoms with Crippen molar-refractivity contribution < 1.29 is 14.2 Å². The summed E-state index contributed by atoms with van der Waals surface area (Å²) in [7, 11) is 0. The number of aromatic nitrogens is 1. The molecule has 27 heavy (non-hydrogen) atoms. The van der Waals surface area contributed by atoms with Gasteiger partial charge in [-0.2, -0.15) is 0 Å². The number of aromatic amines is 1. The van der Waals surface area contributed by atoms with Crippen LogP contribution in [0.25, 0.3) is 10.9 Å². The van der Waals surface area contributed by atoms with Crippen LogP contribution in [-0.4, -0.2) is 40.3 Å². The number of benzene rings is 2. The summed E-state index contributed by atoms with van der Waals surface area (Å²) < 4.78 is 19.3. The van der Waals surface area contributed by atoms with Gasteiger partial charge in [0, 0.05) is 24.8 Å². The number of fused-ring (bicyclic) bond motifs is 1. The quantitative estimate of drug-likeness (QED) is 0.713. The highest BCUT2D eigenvalue weighted by Crippen LogP contribution is 2.26. The molecule has 1 fully saturated rings. The summed E-state index contributed by atoms with van der Waals surface area (Å²) >= 11 is 0. The van der Waals surface area contributed by atoms with Crippen LogP contribution in [0.4, 0.5) is 4.39 Å². The molecule has 0 amide bonds. The minimum atomic E-state index is -0.915. The Labute approximate surface area is 158 Å². The van der Waals surface area contributed by atoms with Gasteiger partial charge in [-0.25, -0.2) is 4.39 Å². The monoisotopic (exact) mass is 368 g/mol. The van der Waals surface area contributed by atoms with E-state index in [2.05, 4.69) is 34.1 Å². The van der Waals surface area contributed by atoms with Crippen LogP contribution >= 0.6 is 0 Å². The zero-order chi connectivity index (χ0) is 18.7. The molecule has 0 radical (unpaired) electrons. The van der Waals surface area contributed by atoms with Crippen molar-refractivity contribution in [3.63, 3.8) is 0 Å². The summed E-state index contributed by atoms with van der Waals surface area (Å²) in [6.45, 7) is 2.72. The number of ether oxygens (including phenoxy) is 1. The van der Waals surface area contributed by atoms with Gasteiger partial charge < -0.3 is 14.8 Å². The molecule has 0 unspecified atom stereocenters. The van der Waals surface area contributed by atoms with Crippen LogP contribution in [0.2, 0.25) is 0 Å². The normalized spacial score (nSPS) is 21.3. The van der Waals surface area contributed by atoms with E-state index in [1.54, 1.807) is 18.2 Å². The average molecular weight is 368 g/mol. The molecular formula is C22H25FN2O2. The first-order chi connectivity index (χ1) is 13.1. The third-order valence-electron chi connectivity index (χ3n) is 5.37. The predicted molar refractivity (Wildman–Crippen MR) is 104 cm³/mol. The largest absolute Gasteiger partial charge is 0.488 e. The molecule has 2 aromatic carbocycles. The fraction of sp³-hybridized carbons (Fsp3) is 0.364. The molecule has 4 nitrogen and oxygen atoms in total. The Kier molecular flexibility index (Phi) is 5.14. The zero-order valence-electron chi connectivity index (χ0n) is 15.3. The van der Waals surface area contributed by atoms with E-state index in [0.29, 0.717) is 12.8 Å². The molecule has 0 spiro atoms. The molecule has 1 saturated heterocycles. The highest BCUT2D eigenvalue weighted by Gasteiger charge is 2.31. The third-order valence-corrected chi connectivity index (χ3v) is 5.37. The number of likely N-dealkylation sites (tertiary alicyclic amines) is 1. The fourth-order valence-electron chi connectivity index (χ4n) is 3.77. The Bertz CT molecular complexity index is 910. The van der Waals surface area contributed by atoms with Crippen LogP contribution in [0.15, 0.2) is 54.7 Å². The van der Waals surface area contributed by atoms with Gasteiger partial charge in [0.1, 0.15) is 6.61 Å². The van der Waals surface area contributed by atoms with Crippen LogP contribution in [0.5, 0.6) is 5.75 Å². The van der Waals surface area contributed by atoms with Crippen molar-refractivity contribution in [2.45, 2.75) is 31.4 Å². The van der Waals surface area contributed by atoms with E-state index in [1.807, 2.05) is 6.20 Å². The van der Waals surface area contributed by atoms with E-state index in [-0.39, 0.29) is 12.4 Å². The second-order valence-corrected chi connectivity index (χ2v) is 7.47. The van der Waals surface area contributed by atoms with Crippen LogP contribution in [0, 0.1) is 5.82 Å². The first kappa shape index (κ1) is 18.0. The number of para-hydroxylation sites is 1. The average Bonchev–Trinajstić information content (AvgIpc) is 3.05. The summed E-state index contributed by atoms with van der Waals surface area (Å²) in [5.41, 5.74) is 1.51. The van der Waals surface area contributed by atoms with Crippen molar-refractivity contribution in [1.82, 2.24) is 9.88 Å². The highest BCUT2D eigenvalue weighted by atomic mass is 19.1. The lowest BCUT2D eigenvalue weighted by Gasteiger charge is -2.27. The molecule has 1 aliphatic rings. The predicted octanol–water partition coefficient (Wildman–Crippen LogP) is 4.10. The second-order valence-electron chi connectivity index (χ2n) is 7.47. The van der Waals surface area contributed by atoms with E-state index in [0.717, 1.165) is 31.6 Å². The van der Waals surface area contributed by atoms with Crippen molar-refractivity contribution in [2.24, 2.45) is 0 Å². The molecular weight excluding hydrogens is 343 g/mol. The lowest BCUT2D eigenvalue weighted by molar-refractivity contribution is -0.0177. The number of nitrogens with one attached hydrogen (secondary N) is 1. The molecule has 3 aromatic rings. The number of rotatable bonds is 5. The topological polar surface area (TPSA) is 48.5 Å². The molecule has 142 valence electrons. The van der Waals surface area contributed by atoms with Gasteiger partial charge in [0.2, 0.25) is 0 Å². The van der Waals surface area contributed by atoms with E-state index < -0.39 is 11.4 Å². The van der Waals surface area contributed by atoms with Gasteiger partial charge in [0.15, 0.2) is 11.6 Å². The van der Waals surface area contributed by atoms with E-state index in [4.69, 9.17) is 4.74 Å². The Morgan fingerprint density at radius 1 is 1.11 bits per heavy atom. The second kappa shape index (κ2) is 7.71. The molecule has 4 rings (SSSR count). The summed E-state index contributed by atoms with van der Waals surface area (Å²) in [6.07, 6.45) is 4.13. The van der Waals surface area contributed by atoms with Crippen molar-refractivity contribution in [1.29, 1.82) is 0 Å². The zero-order valence-corrected chi connectivity index (χ0v) is 15.3. The standard InChI is InChI=1S/C22H25FN2O2/c23-19-4-1-2-5-21(19)27-16-22(26)9-3-12-25(13-10-22)15-17-6-7-20-18(14-17)8-11-24-20/h1-2,4-8,11,14,24,26H,3,9-10,12-13,15-16H2/t22-/m0/s1. The Morgan fingerprint density at radius 3 is 2.89 bits per heavy atom. The number of halogens is 1. The first-order valence-electron chi connectivity index (χ1n) is 9.49. The molecule has 0 bridgehead atoms. The summed E-state index contributed by atoms with van der Waals surface area (Å²) in [5, 5.41) is 12.1. The Morgan fingerprint density at radius 2 is 2.00 bits per heavy atom. The lowest BCUT2D eigenvalue weighted by Crippen LogP contribution is -2.37. The van der Waals surface area contributed by atoms with Gasteiger partial charge in [-0.05, 0) is 67.1 Å². The molecule has 1 aliphatic heterocycles. The summed E-state index contributed by atoms with van der Waals surface area (Å²) in [4.78, 5) is 5.59. The van der Waals surface area contributed by atoms with Crippen LogP contribution in [-0.2, 0) is 6.54 Å². The maximum Gasteiger partial charge on any atom is 0.165 e. The molecule has 2 heterocycles. The Hall–Kier alpha value is -2.37. The number of aliphatic hydroxyl groups is 1. The third kappa shape index (κ3) is 4.31. The Balaban J connectivity index is 1.35. The van der Waals surface area contributed by atoms with Gasteiger partial charge in [0.05, 0.1) is 5.60 Å². The molecule has 5 heteroatoms. The minimum Gasteiger partial charge on any atom is -0.488 e. The maximum atomic E-state index is 13.7. The maximum absolute atomic E-state index is 13.7. The number of hydrogen-bond donors (Lipinski definition) is 2. The van der Waals surface area contributed by atoms with E-state index >= 15 is 0 Å². The van der Waals surface area contributed by atoms with Crippen molar-refractivity contribution in [3.8, 4) is 5.75 Å². The molecule has 1 aromatic heterocycles. The van der Waals surface area contributed by atoms with E-state index in [9.17, 15) is 9.50 Å². The highest BCUT2D eigenvalue weighted by molar-refractivity contribution is 5.79. The number of nitrogens with zero attached hydrogens (tertiary/aromatic N) is 1. The van der Waals surface area contributed by atoms with Gasteiger partial charge >= 0.3 is 0 Å². The van der Waals surface area contributed by atoms with Crippen LogP contribution in [0.1, 0.15) is 24.8 Å².